The van der Waals surface area contributed by atoms with Gasteiger partial charge in [0.1, 0.15) is 5.82 Å². The first-order valence-electron chi connectivity index (χ1n) is 12.9. The molecule has 3 nitrogen and oxygen atoms in total. The summed E-state index contributed by atoms with van der Waals surface area (Å²) in [6.07, 6.45) is 5.87. The van der Waals surface area contributed by atoms with Crippen molar-refractivity contribution in [3.8, 4) is 28.0 Å². The van der Waals surface area contributed by atoms with Crippen LogP contribution in [0.1, 0.15) is 50.5 Å². The average molecular weight is 511 g/mol. The molecule has 1 aliphatic rings. The van der Waals surface area contributed by atoms with Crippen molar-refractivity contribution in [2.45, 2.75) is 51.2 Å². The highest BCUT2D eigenvalue weighted by Crippen LogP contribution is 2.33. The number of rotatable bonds is 11. The largest absolute Gasteiger partial charge is 0.490 e. The van der Waals surface area contributed by atoms with E-state index in [0.29, 0.717) is 36.5 Å². The van der Waals surface area contributed by atoms with Gasteiger partial charge in [-0.05, 0) is 53.3 Å². The molecule has 0 atom stereocenters. The van der Waals surface area contributed by atoms with Crippen molar-refractivity contribution in [3.63, 3.8) is 0 Å². The maximum Gasteiger partial charge on any atom is 0.201 e. The van der Waals surface area contributed by atoms with Crippen LogP contribution in [-0.4, -0.2) is 26.1 Å². The van der Waals surface area contributed by atoms with Gasteiger partial charge in [-0.25, -0.2) is 8.78 Å². The summed E-state index contributed by atoms with van der Waals surface area (Å²) in [5.41, 5.74) is 2.69. The summed E-state index contributed by atoms with van der Waals surface area (Å²) in [5.74, 6) is -2.51. The first-order valence-corrected chi connectivity index (χ1v) is 12.9. The Hall–Kier alpha value is -3.09. The molecule has 0 radical (unpaired) electrons. The first kappa shape index (κ1) is 27.0. The van der Waals surface area contributed by atoms with Gasteiger partial charge in [-0.1, -0.05) is 62.2 Å². The normalized spacial score (nSPS) is 17.5. The summed E-state index contributed by atoms with van der Waals surface area (Å²) in [4.78, 5) is 0. The predicted molar refractivity (Wildman–Crippen MR) is 140 cm³/mol. The highest BCUT2D eigenvalue weighted by molar-refractivity contribution is 5.71. The number of allylic oxidation sites excluding steroid dienone is 1. The lowest BCUT2D eigenvalue weighted by Crippen LogP contribution is -2.31. The Balaban J connectivity index is 1.43. The lowest BCUT2D eigenvalue weighted by atomic mass is 9.95. The average Bonchev–Trinajstić information content (AvgIpc) is 2.93. The van der Waals surface area contributed by atoms with Gasteiger partial charge in [0.25, 0.3) is 0 Å². The van der Waals surface area contributed by atoms with Gasteiger partial charge in [0.15, 0.2) is 17.9 Å². The molecule has 0 bridgehead atoms. The maximum absolute atomic E-state index is 15.0. The second kappa shape index (κ2) is 12.9. The fourth-order valence-electron chi connectivity index (χ4n) is 4.42. The molecule has 1 heterocycles. The maximum atomic E-state index is 15.0. The van der Waals surface area contributed by atoms with E-state index in [4.69, 9.17) is 14.2 Å². The van der Waals surface area contributed by atoms with Crippen molar-refractivity contribution >= 4 is 0 Å². The Labute approximate surface area is 216 Å². The summed E-state index contributed by atoms with van der Waals surface area (Å²) in [6, 6.07) is 15.0. The molecule has 6 heteroatoms. The zero-order valence-electron chi connectivity index (χ0n) is 21.2. The molecule has 4 rings (SSSR count). The van der Waals surface area contributed by atoms with Crippen LogP contribution in [-0.2, 0) is 9.47 Å². The minimum Gasteiger partial charge on any atom is -0.490 e. The first-order chi connectivity index (χ1) is 18.0. The standard InChI is InChI=1S/C31H33F3O3/c1-3-5-7-17-35-28-16-15-26(30(33)31(28)34)22-11-9-21(10-12-22)23-13-14-25(27(32)18-23)24-19-36-29(37-20-24)8-6-4-2/h4,9-16,18,24,29H,2-3,5-8,17,19-20H2,1H3. The number of hydrogen-bond donors (Lipinski definition) is 0. The molecule has 3 aromatic carbocycles. The summed E-state index contributed by atoms with van der Waals surface area (Å²) in [7, 11) is 0. The fourth-order valence-corrected chi connectivity index (χ4v) is 4.42. The number of unbranched alkanes of at least 4 members (excludes halogenated alkanes) is 2. The van der Waals surface area contributed by atoms with E-state index in [-0.39, 0.29) is 29.3 Å². The number of ether oxygens (including phenoxy) is 3. The molecule has 0 N–H and O–H groups in total. The molecule has 0 spiro atoms. The molecule has 37 heavy (non-hydrogen) atoms. The van der Waals surface area contributed by atoms with Crippen LogP contribution in [0, 0.1) is 17.5 Å². The molecule has 0 unspecified atom stereocenters. The molecule has 0 aliphatic carbocycles. The Kier molecular flexibility index (Phi) is 9.42. The molecule has 196 valence electrons. The molecule has 0 aromatic heterocycles. The van der Waals surface area contributed by atoms with Crippen LogP contribution in [0.2, 0.25) is 0 Å². The monoisotopic (exact) mass is 510 g/mol. The SMILES string of the molecule is C=CCCC1OCC(c2ccc(-c3ccc(-c4ccc(OCCCCC)c(F)c4F)cc3)cc2F)CO1. The van der Waals surface area contributed by atoms with Crippen LogP contribution < -0.4 is 4.74 Å². The second-order valence-electron chi connectivity index (χ2n) is 9.27. The van der Waals surface area contributed by atoms with Crippen molar-refractivity contribution < 1.29 is 27.4 Å². The number of halogens is 3. The Morgan fingerprint density at radius 1 is 0.892 bits per heavy atom. The molecular weight excluding hydrogens is 477 g/mol. The predicted octanol–water partition coefficient (Wildman–Crippen LogP) is 8.43. The Morgan fingerprint density at radius 3 is 2.27 bits per heavy atom. The third-order valence-electron chi connectivity index (χ3n) is 6.59. The minimum atomic E-state index is -0.988. The van der Waals surface area contributed by atoms with E-state index >= 15 is 4.39 Å². The van der Waals surface area contributed by atoms with Crippen molar-refractivity contribution in [2.24, 2.45) is 0 Å². The van der Waals surface area contributed by atoms with Gasteiger partial charge < -0.3 is 14.2 Å². The van der Waals surface area contributed by atoms with E-state index in [0.717, 1.165) is 37.7 Å². The molecule has 1 fully saturated rings. The topological polar surface area (TPSA) is 27.7 Å². The number of benzene rings is 3. The fraction of sp³-hybridized carbons (Fsp3) is 0.355. The Morgan fingerprint density at radius 2 is 1.59 bits per heavy atom. The molecule has 3 aromatic rings. The van der Waals surface area contributed by atoms with E-state index in [9.17, 15) is 8.78 Å². The third kappa shape index (κ3) is 6.62. The van der Waals surface area contributed by atoms with Crippen LogP contribution in [0.3, 0.4) is 0 Å². The van der Waals surface area contributed by atoms with Crippen LogP contribution in [0.4, 0.5) is 13.2 Å². The zero-order chi connectivity index (χ0) is 26.2. The summed E-state index contributed by atoms with van der Waals surface area (Å²) in [5, 5.41) is 0. The minimum absolute atomic E-state index is 0.0782. The van der Waals surface area contributed by atoms with Gasteiger partial charge in [0, 0.05) is 17.9 Å². The quantitative estimate of drug-likeness (QED) is 0.191. The Bertz CT molecular complexity index is 1190. The van der Waals surface area contributed by atoms with E-state index < -0.39 is 11.6 Å². The van der Waals surface area contributed by atoms with Crippen molar-refractivity contribution in [1.29, 1.82) is 0 Å². The smallest absolute Gasteiger partial charge is 0.201 e. The van der Waals surface area contributed by atoms with Crippen molar-refractivity contribution in [3.05, 3.63) is 90.3 Å². The van der Waals surface area contributed by atoms with E-state index in [1.54, 1.807) is 30.3 Å². The molecule has 0 amide bonds. The lowest BCUT2D eigenvalue weighted by molar-refractivity contribution is -0.189. The second-order valence-corrected chi connectivity index (χ2v) is 9.27. The highest BCUT2D eigenvalue weighted by Gasteiger charge is 2.25. The molecular formula is C31H33F3O3. The van der Waals surface area contributed by atoms with Gasteiger partial charge in [0.05, 0.1) is 19.8 Å². The van der Waals surface area contributed by atoms with Crippen LogP contribution in [0.25, 0.3) is 22.3 Å². The van der Waals surface area contributed by atoms with Crippen LogP contribution in [0.5, 0.6) is 5.75 Å². The van der Waals surface area contributed by atoms with Gasteiger partial charge >= 0.3 is 0 Å². The molecule has 1 aliphatic heterocycles. The molecule has 0 saturated carbocycles. The van der Waals surface area contributed by atoms with Crippen LogP contribution >= 0.6 is 0 Å². The lowest BCUT2D eigenvalue weighted by Gasteiger charge is -2.29. The zero-order valence-corrected chi connectivity index (χ0v) is 21.2. The van der Waals surface area contributed by atoms with Gasteiger partial charge in [-0.3, -0.25) is 0 Å². The third-order valence-corrected chi connectivity index (χ3v) is 6.59. The summed E-state index contributed by atoms with van der Waals surface area (Å²) >= 11 is 0. The highest BCUT2D eigenvalue weighted by atomic mass is 19.2. The van der Waals surface area contributed by atoms with Crippen molar-refractivity contribution in [1.82, 2.24) is 0 Å². The molecule has 1 saturated heterocycles. The van der Waals surface area contributed by atoms with Crippen molar-refractivity contribution in [2.75, 3.05) is 19.8 Å². The van der Waals surface area contributed by atoms with E-state index in [2.05, 4.69) is 13.5 Å². The summed E-state index contributed by atoms with van der Waals surface area (Å²) in [6.45, 7) is 6.92. The van der Waals surface area contributed by atoms with Gasteiger partial charge in [-0.2, -0.15) is 4.39 Å². The summed E-state index contributed by atoms with van der Waals surface area (Å²) < 4.78 is 61.2. The number of hydrogen-bond acceptors (Lipinski definition) is 3. The van der Waals surface area contributed by atoms with E-state index in [1.165, 1.54) is 18.2 Å². The van der Waals surface area contributed by atoms with E-state index in [1.807, 2.05) is 12.1 Å². The van der Waals surface area contributed by atoms with Crippen LogP contribution in [0.15, 0.2) is 67.3 Å². The van der Waals surface area contributed by atoms with Gasteiger partial charge in [0.2, 0.25) is 5.82 Å². The van der Waals surface area contributed by atoms with Gasteiger partial charge in [-0.15, -0.1) is 6.58 Å².